The van der Waals surface area contributed by atoms with E-state index in [-0.39, 0.29) is 0 Å². The molecule has 0 aromatic heterocycles. The predicted molar refractivity (Wildman–Crippen MR) is 122 cm³/mol. The minimum atomic E-state index is 0.673. The quantitative estimate of drug-likeness (QED) is 0.442. The number of halogens is 1. The van der Waals surface area contributed by atoms with Crippen molar-refractivity contribution in [3.63, 3.8) is 0 Å². The number of hydrogen-bond donors (Lipinski definition) is 0. The summed E-state index contributed by atoms with van der Waals surface area (Å²) in [6.07, 6.45) is 2.65. The molecule has 1 saturated heterocycles. The molecule has 0 bridgehead atoms. The molecule has 28 heavy (non-hydrogen) atoms. The maximum Gasteiger partial charge on any atom is 0.0244 e. The van der Waals surface area contributed by atoms with Crippen molar-refractivity contribution in [2.24, 2.45) is 0 Å². The van der Waals surface area contributed by atoms with Gasteiger partial charge >= 0.3 is 0 Å². The molecule has 0 N–H and O–H groups in total. The number of fused-ring (bicyclic) bond motifs is 1. The largest absolute Gasteiger partial charge is 0.299 e. The van der Waals surface area contributed by atoms with E-state index >= 15 is 0 Å². The van der Waals surface area contributed by atoms with Crippen molar-refractivity contribution in [2.75, 3.05) is 19.6 Å². The van der Waals surface area contributed by atoms with Crippen molar-refractivity contribution in [1.82, 2.24) is 9.80 Å². The lowest BCUT2D eigenvalue weighted by atomic mass is 10.0. The van der Waals surface area contributed by atoms with Crippen LogP contribution in [0.1, 0.15) is 30.9 Å². The fourth-order valence-corrected chi connectivity index (χ4v) is 5.01. The van der Waals surface area contributed by atoms with Crippen LogP contribution in [0.4, 0.5) is 0 Å². The monoisotopic (exact) mass is 436 g/mol. The molecule has 3 aromatic carbocycles. The second-order valence-corrected chi connectivity index (χ2v) is 8.78. The molecule has 0 amide bonds. The van der Waals surface area contributed by atoms with Crippen molar-refractivity contribution in [2.45, 2.75) is 38.9 Å². The molecule has 146 valence electrons. The van der Waals surface area contributed by atoms with Gasteiger partial charge < -0.3 is 0 Å². The Hall–Kier alpha value is -1.68. The first-order chi connectivity index (χ1) is 13.7. The highest BCUT2D eigenvalue weighted by molar-refractivity contribution is 9.10. The Morgan fingerprint density at radius 3 is 2.68 bits per heavy atom. The highest BCUT2D eigenvalue weighted by atomic mass is 79.9. The van der Waals surface area contributed by atoms with E-state index < -0.39 is 0 Å². The van der Waals surface area contributed by atoms with Crippen LogP contribution in [0, 0.1) is 0 Å². The molecular weight excluding hydrogens is 408 g/mol. The van der Waals surface area contributed by atoms with Gasteiger partial charge in [0.2, 0.25) is 0 Å². The number of benzene rings is 3. The van der Waals surface area contributed by atoms with E-state index in [0.29, 0.717) is 6.04 Å². The Labute approximate surface area is 177 Å². The van der Waals surface area contributed by atoms with Crippen LogP contribution in [0.3, 0.4) is 0 Å². The van der Waals surface area contributed by atoms with Gasteiger partial charge in [0, 0.05) is 30.1 Å². The van der Waals surface area contributed by atoms with Crippen LogP contribution in [0.2, 0.25) is 0 Å². The van der Waals surface area contributed by atoms with Gasteiger partial charge in [0.25, 0.3) is 0 Å². The zero-order chi connectivity index (χ0) is 19.3. The number of likely N-dealkylation sites (tertiary alicyclic amines) is 1. The van der Waals surface area contributed by atoms with Gasteiger partial charge in [-0.15, -0.1) is 0 Å². The van der Waals surface area contributed by atoms with Gasteiger partial charge in [-0.05, 0) is 60.0 Å². The van der Waals surface area contributed by atoms with Crippen molar-refractivity contribution >= 4 is 26.7 Å². The lowest BCUT2D eigenvalue weighted by Crippen LogP contribution is -2.39. The number of rotatable bonds is 7. The Bertz CT molecular complexity index is 918. The van der Waals surface area contributed by atoms with E-state index in [4.69, 9.17) is 0 Å². The summed E-state index contributed by atoms with van der Waals surface area (Å²) >= 11 is 3.63. The highest BCUT2D eigenvalue weighted by Crippen LogP contribution is 2.24. The number of likely N-dealkylation sites (N-methyl/N-ethyl adjacent to an activating group) is 1. The minimum Gasteiger partial charge on any atom is -0.299 e. The topological polar surface area (TPSA) is 6.48 Å². The van der Waals surface area contributed by atoms with Gasteiger partial charge in [0.15, 0.2) is 0 Å². The summed E-state index contributed by atoms with van der Waals surface area (Å²) in [4.78, 5) is 5.29. The smallest absolute Gasteiger partial charge is 0.0244 e. The SMILES string of the molecule is CCN1CCC[C@H]1CN(Cc1cccc(Br)c1)Cc1cccc2ccccc12. The minimum absolute atomic E-state index is 0.673. The van der Waals surface area contributed by atoms with Crippen LogP contribution >= 0.6 is 15.9 Å². The normalized spacial score (nSPS) is 17.6. The Morgan fingerprint density at radius 1 is 1.00 bits per heavy atom. The lowest BCUT2D eigenvalue weighted by molar-refractivity contribution is 0.166. The molecule has 1 heterocycles. The van der Waals surface area contributed by atoms with Crippen molar-refractivity contribution in [3.8, 4) is 0 Å². The first-order valence-electron chi connectivity index (χ1n) is 10.4. The summed E-state index contributed by atoms with van der Waals surface area (Å²) in [6, 6.07) is 24.9. The summed E-state index contributed by atoms with van der Waals surface area (Å²) < 4.78 is 1.16. The molecule has 4 rings (SSSR count). The fourth-order valence-electron chi connectivity index (χ4n) is 4.57. The summed E-state index contributed by atoms with van der Waals surface area (Å²) in [7, 11) is 0. The van der Waals surface area contributed by atoms with Crippen LogP contribution in [-0.4, -0.2) is 35.5 Å². The zero-order valence-corrected chi connectivity index (χ0v) is 18.2. The van der Waals surface area contributed by atoms with E-state index in [1.54, 1.807) is 0 Å². The van der Waals surface area contributed by atoms with E-state index in [1.165, 1.54) is 41.3 Å². The first kappa shape index (κ1) is 19.6. The summed E-state index contributed by atoms with van der Waals surface area (Å²) in [5.74, 6) is 0. The van der Waals surface area contributed by atoms with E-state index in [1.807, 2.05) is 0 Å². The van der Waals surface area contributed by atoms with Crippen LogP contribution in [0.25, 0.3) is 10.8 Å². The molecular formula is C25H29BrN2. The third kappa shape index (κ3) is 4.65. The molecule has 1 atom stereocenters. The molecule has 3 aromatic rings. The van der Waals surface area contributed by atoms with Crippen LogP contribution < -0.4 is 0 Å². The molecule has 0 radical (unpaired) electrons. The molecule has 1 aliphatic rings. The predicted octanol–water partition coefficient (Wildman–Crippen LogP) is 6.09. The van der Waals surface area contributed by atoms with Gasteiger partial charge in [-0.25, -0.2) is 0 Å². The molecule has 3 heteroatoms. The summed E-state index contributed by atoms with van der Waals surface area (Å²) in [5.41, 5.74) is 2.80. The first-order valence-corrected chi connectivity index (χ1v) is 11.2. The third-order valence-electron chi connectivity index (χ3n) is 5.94. The molecule has 0 spiro atoms. The van der Waals surface area contributed by atoms with Gasteiger partial charge in [-0.1, -0.05) is 77.5 Å². The maximum atomic E-state index is 3.63. The van der Waals surface area contributed by atoms with E-state index in [0.717, 1.165) is 30.7 Å². The standard InChI is InChI=1S/C25H29BrN2/c1-2-28-15-7-13-24(28)19-27(17-20-8-5-12-23(26)16-20)18-22-11-6-10-21-9-3-4-14-25(21)22/h3-6,8-12,14,16,24H,2,7,13,15,17-19H2,1H3/t24-/m0/s1. The number of nitrogens with zero attached hydrogens (tertiary/aromatic N) is 2. The number of hydrogen-bond acceptors (Lipinski definition) is 2. The van der Waals surface area contributed by atoms with Crippen LogP contribution in [0.15, 0.2) is 71.2 Å². The maximum absolute atomic E-state index is 3.63. The molecule has 1 aliphatic heterocycles. The van der Waals surface area contributed by atoms with Crippen molar-refractivity contribution in [3.05, 3.63) is 82.3 Å². The average molecular weight is 437 g/mol. The Kier molecular flexibility index (Phi) is 6.46. The molecule has 0 unspecified atom stereocenters. The Morgan fingerprint density at radius 2 is 1.82 bits per heavy atom. The van der Waals surface area contributed by atoms with Crippen LogP contribution in [-0.2, 0) is 13.1 Å². The Balaban J connectivity index is 1.60. The molecule has 2 nitrogen and oxygen atoms in total. The highest BCUT2D eigenvalue weighted by Gasteiger charge is 2.25. The second-order valence-electron chi connectivity index (χ2n) is 7.86. The zero-order valence-electron chi connectivity index (χ0n) is 16.7. The second kappa shape index (κ2) is 9.21. The third-order valence-corrected chi connectivity index (χ3v) is 6.44. The van der Waals surface area contributed by atoms with Gasteiger partial charge in [0.1, 0.15) is 0 Å². The van der Waals surface area contributed by atoms with E-state index in [9.17, 15) is 0 Å². The van der Waals surface area contributed by atoms with E-state index in [2.05, 4.69) is 99.4 Å². The molecule has 0 saturated carbocycles. The molecule has 1 fully saturated rings. The summed E-state index contributed by atoms with van der Waals surface area (Å²) in [5, 5.41) is 2.71. The lowest BCUT2D eigenvalue weighted by Gasteiger charge is -2.31. The van der Waals surface area contributed by atoms with Gasteiger partial charge in [-0.2, -0.15) is 0 Å². The summed E-state index contributed by atoms with van der Waals surface area (Å²) in [6.45, 7) is 7.80. The average Bonchev–Trinajstić information content (AvgIpc) is 3.15. The van der Waals surface area contributed by atoms with Crippen LogP contribution in [0.5, 0.6) is 0 Å². The van der Waals surface area contributed by atoms with Gasteiger partial charge in [0.05, 0.1) is 0 Å². The van der Waals surface area contributed by atoms with Crippen molar-refractivity contribution in [1.29, 1.82) is 0 Å². The van der Waals surface area contributed by atoms with Gasteiger partial charge in [-0.3, -0.25) is 9.80 Å². The molecule has 0 aliphatic carbocycles. The fraction of sp³-hybridized carbons (Fsp3) is 0.360. The van der Waals surface area contributed by atoms with Crippen molar-refractivity contribution < 1.29 is 0 Å².